The van der Waals surface area contributed by atoms with Crippen LogP contribution in [0.25, 0.3) is 0 Å². The van der Waals surface area contributed by atoms with Crippen molar-refractivity contribution in [3.8, 4) is 0 Å². The Labute approximate surface area is 90.0 Å². The van der Waals surface area contributed by atoms with Crippen molar-refractivity contribution in [3.05, 3.63) is 0 Å². The summed E-state index contributed by atoms with van der Waals surface area (Å²) in [5.41, 5.74) is 5.60. The zero-order chi connectivity index (χ0) is 12.8. The quantitative estimate of drug-likeness (QED) is 0.643. The molecule has 0 bridgehead atoms. The van der Waals surface area contributed by atoms with Gasteiger partial charge in [-0.25, -0.2) is 4.79 Å². The molecule has 1 atom stereocenters. The summed E-state index contributed by atoms with van der Waals surface area (Å²) in [6.07, 6.45) is -2.09. The first-order valence-electron chi connectivity index (χ1n) is 4.52. The van der Waals surface area contributed by atoms with Gasteiger partial charge in [-0.1, -0.05) is 0 Å². The van der Waals surface area contributed by atoms with Crippen LogP contribution >= 0.6 is 0 Å². The van der Waals surface area contributed by atoms with E-state index in [0.29, 0.717) is 0 Å². The summed E-state index contributed by atoms with van der Waals surface area (Å²) in [5, 5.41) is 7.12. The third-order valence-electron chi connectivity index (χ3n) is 1.88. The number of carbonyl (C=O) groups is 2. The SMILES string of the molecule is NC1CCCN(C=O)C1.O=C(O)C(F)(F)F. The number of piperidine rings is 1. The van der Waals surface area contributed by atoms with Gasteiger partial charge in [0, 0.05) is 19.1 Å². The first-order valence-corrected chi connectivity index (χ1v) is 4.52. The van der Waals surface area contributed by atoms with Gasteiger partial charge in [-0.2, -0.15) is 13.2 Å². The summed E-state index contributed by atoms with van der Waals surface area (Å²) in [4.78, 5) is 20.8. The molecule has 0 aromatic carbocycles. The molecule has 1 rings (SSSR count). The van der Waals surface area contributed by atoms with Crippen molar-refractivity contribution in [3.63, 3.8) is 0 Å². The molecule has 1 aliphatic heterocycles. The second-order valence-electron chi connectivity index (χ2n) is 3.31. The van der Waals surface area contributed by atoms with E-state index in [2.05, 4.69) is 0 Å². The van der Waals surface area contributed by atoms with Crippen LogP contribution in [0.15, 0.2) is 0 Å². The summed E-state index contributed by atoms with van der Waals surface area (Å²) >= 11 is 0. The Morgan fingerprint density at radius 2 is 2.00 bits per heavy atom. The maximum atomic E-state index is 10.6. The number of likely N-dealkylation sites (tertiary alicyclic amines) is 1. The number of nitrogens with two attached hydrogens (primary N) is 1. The van der Waals surface area contributed by atoms with E-state index < -0.39 is 12.1 Å². The molecule has 3 N–H and O–H groups in total. The number of carboxylic acid groups (broad SMARTS) is 1. The van der Waals surface area contributed by atoms with E-state index in [4.69, 9.17) is 15.6 Å². The Morgan fingerprint density at radius 1 is 1.50 bits per heavy atom. The van der Waals surface area contributed by atoms with E-state index in [1.165, 1.54) is 0 Å². The number of carboxylic acids is 1. The molecular formula is C8H13F3N2O3. The van der Waals surface area contributed by atoms with E-state index in [1.54, 1.807) is 4.90 Å². The molecule has 8 heteroatoms. The number of nitrogens with zero attached hydrogens (tertiary/aromatic N) is 1. The molecule has 1 fully saturated rings. The lowest BCUT2D eigenvalue weighted by molar-refractivity contribution is -0.192. The highest BCUT2D eigenvalue weighted by molar-refractivity contribution is 5.73. The smallest absolute Gasteiger partial charge is 0.475 e. The summed E-state index contributed by atoms with van der Waals surface area (Å²) < 4.78 is 31.7. The molecule has 0 spiro atoms. The van der Waals surface area contributed by atoms with Crippen molar-refractivity contribution in [1.82, 2.24) is 4.90 Å². The number of aliphatic carboxylic acids is 1. The molecule has 94 valence electrons. The van der Waals surface area contributed by atoms with Crippen LogP contribution in [0.3, 0.4) is 0 Å². The Kier molecular flexibility index (Phi) is 5.79. The van der Waals surface area contributed by atoms with Gasteiger partial charge < -0.3 is 15.7 Å². The van der Waals surface area contributed by atoms with Crippen molar-refractivity contribution < 1.29 is 27.9 Å². The van der Waals surface area contributed by atoms with E-state index in [0.717, 1.165) is 32.3 Å². The zero-order valence-corrected chi connectivity index (χ0v) is 8.41. The number of hydrogen-bond acceptors (Lipinski definition) is 3. The van der Waals surface area contributed by atoms with E-state index in [9.17, 15) is 18.0 Å². The molecule has 0 aromatic rings. The van der Waals surface area contributed by atoms with E-state index in [-0.39, 0.29) is 6.04 Å². The minimum Gasteiger partial charge on any atom is -0.475 e. The van der Waals surface area contributed by atoms with Crippen molar-refractivity contribution in [2.24, 2.45) is 5.73 Å². The Morgan fingerprint density at radius 3 is 2.25 bits per heavy atom. The third kappa shape index (κ3) is 6.23. The van der Waals surface area contributed by atoms with Crippen molar-refractivity contribution >= 4 is 12.4 Å². The second kappa shape index (κ2) is 6.31. The van der Waals surface area contributed by atoms with E-state index in [1.807, 2.05) is 0 Å². The first kappa shape index (κ1) is 14.7. The minimum atomic E-state index is -5.08. The van der Waals surface area contributed by atoms with Gasteiger partial charge in [0.2, 0.25) is 6.41 Å². The molecule has 1 amide bonds. The monoisotopic (exact) mass is 242 g/mol. The Hall–Kier alpha value is -1.31. The molecule has 0 saturated carbocycles. The molecule has 1 saturated heterocycles. The van der Waals surface area contributed by atoms with Crippen molar-refractivity contribution in [2.45, 2.75) is 25.1 Å². The average molecular weight is 242 g/mol. The highest BCUT2D eigenvalue weighted by Crippen LogP contribution is 2.13. The highest BCUT2D eigenvalue weighted by atomic mass is 19.4. The topological polar surface area (TPSA) is 83.6 Å². The van der Waals surface area contributed by atoms with Gasteiger partial charge >= 0.3 is 12.1 Å². The zero-order valence-electron chi connectivity index (χ0n) is 8.41. The molecular weight excluding hydrogens is 229 g/mol. The summed E-state index contributed by atoms with van der Waals surface area (Å²) in [5.74, 6) is -2.76. The predicted octanol–water partition coefficient (Wildman–Crippen LogP) is 0.199. The second-order valence-corrected chi connectivity index (χ2v) is 3.31. The fourth-order valence-electron chi connectivity index (χ4n) is 1.14. The largest absolute Gasteiger partial charge is 0.490 e. The molecule has 16 heavy (non-hydrogen) atoms. The Bertz CT molecular complexity index is 245. The van der Waals surface area contributed by atoms with Crippen LogP contribution in [0, 0.1) is 0 Å². The molecule has 0 radical (unpaired) electrons. The summed E-state index contributed by atoms with van der Waals surface area (Å²) in [6.45, 7) is 1.63. The van der Waals surface area contributed by atoms with Crippen LogP contribution in [0.4, 0.5) is 13.2 Å². The Balaban J connectivity index is 0.000000293. The summed E-state index contributed by atoms with van der Waals surface area (Å²) in [6, 6.07) is 0.212. The minimum absolute atomic E-state index is 0.212. The fraction of sp³-hybridized carbons (Fsp3) is 0.750. The van der Waals surface area contributed by atoms with Crippen LogP contribution in [-0.2, 0) is 9.59 Å². The molecule has 1 unspecified atom stereocenters. The van der Waals surface area contributed by atoms with Gasteiger partial charge in [0.1, 0.15) is 0 Å². The van der Waals surface area contributed by atoms with Crippen LogP contribution in [0.1, 0.15) is 12.8 Å². The third-order valence-corrected chi connectivity index (χ3v) is 1.88. The number of carbonyl (C=O) groups excluding carboxylic acids is 1. The highest BCUT2D eigenvalue weighted by Gasteiger charge is 2.38. The van der Waals surface area contributed by atoms with Gasteiger partial charge in [-0.3, -0.25) is 4.79 Å². The number of halogens is 3. The normalized spacial score (nSPS) is 20.8. The standard InChI is InChI=1S/C6H12N2O.C2HF3O2/c7-6-2-1-3-8(4-6)5-9;3-2(4,5)1(6)7/h5-6H,1-4,7H2;(H,6,7). The van der Waals surface area contributed by atoms with Gasteiger partial charge in [-0.05, 0) is 12.8 Å². The first-order chi connectivity index (χ1) is 7.27. The molecule has 1 aliphatic rings. The van der Waals surface area contributed by atoms with Crippen LogP contribution in [0.2, 0.25) is 0 Å². The predicted molar refractivity (Wildman–Crippen MR) is 48.5 cm³/mol. The average Bonchev–Trinajstić information content (AvgIpc) is 2.17. The van der Waals surface area contributed by atoms with Gasteiger partial charge in [0.05, 0.1) is 0 Å². The van der Waals surface area contributed by atoms with Gasteiger partial charge in [-0.15, -0.1) is 0 Å². The van der Waals surface area contributed by atoms with E-state index >= 15 is 0 Å². The lowest BCUT2D eigenvalue weighted by Crippen LogP contribution is -2.41. The van der Waals surface area contributed by atoms with Crippen molar-refractivity contribution in [1.29, 1.82) is 0 Å². The van der Waals surface area contributed by atoms with Crippen molar-refractivity contribution in [2.75, 3.05) is 13.1 Å². The number of rotatable bonds is 1. The molecule has 0 aromatic heterocycles. The fourth-order valence-corrected chi connectivity index (χ4v) is 1.14. The maximum absolute atomic E-state index is 10.6. The van der Waals surface area contributed by atoms with Crippen LogP contribution in [0.5, 0.6) is 0 Å². The lowest BCUT2D eigenvalue weighted by atomic mass is 10.1. The van der Waals surface area contributed by atoms with Gasteiger partial charge in [0.25, 0.3) is 0 Å². The summed E-state index contributed by atoms with van der Waals surface area (Å²) in [7, 11) is 0. The molecule has 5 nitrogen and oxygen atoms in total. The van der Waals surface area contributed by atoms with Crippen LogP contribution < -0.4 is 5.73 Å². The molecule has 0 aliphatic carbocycles. The lowest BCUT2D eigenvalue weighted by Gasteiger charge is -2.26. The maximum Gasteiger partial charge on any atom is 0.490 e. The number of hydrogen-bond donors (Lipinski definition) is 2. The number of alkyl halides is 3. The van der Waals surface area contributed by atoms with Crippen LogP contribution in [-0.4, -0.2) is 47.7 Å². The number of amides is 1. The van der Waals surface area contributed by atoms with Gasteiger partial charge in [0.15, 0.2) is 0 Å². The molecule has 1 heterocycles.